The minimum Gasteiger partial charge on any atom is -0.367 e. The maximum absolute atomic E-state index is 8.96. The van der Waals surface area contributed by atoms with Crippen LogP contribution in [0.4, 0.5) is 17.5 Å². The lowest BCUT2D eigenvalue weighted by Gasteiger charge is -2.74. The van der Waals surface area contributed by atoms with Crippen molar-refractivity contribution in [3.8, 4) is 6.07 Å². The minimum atomic E-state index is 0.347. The highest BCUT2D eigenvalue weighted by atomic mass is 15.4. The SMILES string of the molecule is Cc1cc(Nc2nc(NC3C[C@@H]4CC5(CCC#N)C[C@H](C3)N45)cc3ncccc23)n[nH]1. The van der Waals surface area contributed by atoms with Crippen LogP contribution >= 0.6 is 0 Å². The Kier molecular flexibility index (Phi) is 4.15. The van der Waals surface area contributed by atoms with Crippen LogP contribution in [0.1, 0.15) is 44.2 Å². The van der Waals surface area contributed by atoms with Crippen LogP contribution in [0.2, 0.25) is 0 Å². The van der Waals surface area contributed by atoms with E-state index in [4.69, 9.17) is 10.2 Å². The highest BCUT2D eigenvalue weighted by Gasteiger charge is 2.64. The molecule has 31 heavy (non-hydrogen) atoms. The number of anilines is 3. The third-order valence-electron chi connectivity index (χ3n) is 7.28. The summed E-state index contributed by atoms with van der Waals surface area (Å²) in [6.45, 7) is 1.98. The fraction of sp³-hybridized carbons (Fsp3) is 0.478. The first kappa shape index (κ1) is 18.6. The van der Waals surface area contributed by atoms with E-state index in [-0.39, 0.29) is 0 Å². The Morgan fingerprint density at radius 1 is 1.26 bits per heavy atom. The van der Waals surface area contributed by atoms with Crippen molar-refractivity contribution in [1.82, 2.24) is 25.1 Å². The topological polar surface area (TPSA) is 106 Å². The second kappa shape index (κ2) is 6.92. The molecule has 0 radical (unpaired) electrons. The summed E-state index contributed by atoms with van der Waals surface area (Å²) in [5.41, 5.74) is 2.26. The van der Waals surface area contributed by atoms with Crippen LogP contribution < -0.4 is 10.6 Å². The molecule has 0 aliphatic carbocycles. The minimum absolute atomic E-state index is 0.347. The van der Waals surface area contributed by atoms with Gasteiger partial charge in [0.05, 0.1) is 11.6 Å². The van der Waals surface area contributed by atoms with Gasteiger partial charge in [-0.1, -0.05) is 0 Å². The number of nitrogens with zero attached hydrogens (tertiary/aromatic N) is 5. The van der Waals surface area contributed by atoms with Gasteiger partial charge >= 0.3 is 0 Å². The van der Waals surface area contributed by atoms with Gasteiger partial charge in [0.15, 0.2) is 5.82 Å². The average Bonchev–Trinajstić information content (AvgIpc) is 3.13. The molecule has 3 aliphatic heterocycles. The zero-order chi connectivity index (χ0) is 21.0. The summed E-state index contributed by atoms with van der Waals surface area (Å²) in [6.07, 6.45) is 8.27. The van der Waals surface area contributed by atoms with Crippen molar-refractivity contribution >= 4 is 28.4 Å². The molecule has 3 N–H and O–H groups in total. The monoisotopic (exact) mass is 414 g/mol. The second-order valence-electron chi connectivity index (χ2n) is 9.31. The molecule has 8 nitrogen and oxygen atoms in total. The second-order valence-corrected chi connectivity index (χ2v) is 9.31. The third-order valence-corrected chi connectivity index (χ3v) is 7.28. The molecule has 6 rings (SSSR count). The fourth-order valence-electron chi connectivity index (χ4n) is 6.16. The highest BCUT2D eigenvalue weighted by Crippen LogP contribution is 2.58. The van der Waals surface area contributed by atoms with Crippen LogP contribution in [-0.4, -0.2) is 48.7 Å². The molecule has 8 heteroatoms. The summed E-state index contributed by atoms with van der Waals surface area (Å²) in [5.74, 6) is 2.37. The van der Waals surface area contributed by atoms with E-state index in [1.54, 1.807) is 0 Å². The predicted octanol–water partition coefficient (Wildman–Crippen LogP) is 3.87. The molecule has 6 heterocycles. The van der Waals surface area contributed by atoms with Gasteiger partial charge in [0.25, 0.3) is 0 Å². The van der Waals surface area contributed by atoms with Crippen LogP contribution in [0, 0.1) is 18.3 Å². The molecule has 2 unspecified atom stereocenters. The van der Waals surface area contributed by atoms with E-state index in [9.17, 15) is 0 Å². The van der Waals surface area contributed by atoms with Crippen LogP contribution in [0.15, 0.2) is 30.5 Å². The molecule has 158 valence electrons. The number of rotatable bonds is 6. The van der Waals surface area contributed by atoms with Gasteiger partial charge in [0.1, 0.15) is 11.6 Å². The molecule has 0 bridgehead atoms. The number of hydrogen-bond acceptors (Lipinski definition) is 7. The maximum Gasteiger partial charge on any atom is 0.153 e. The summed E-state index contributed by atoms with van der Waals surface area (Å²) in [4.78, 5) is 12.1. The van der Waals surface area contributed by atoms with Crippen LogP contribution in [0.5, 0.6) is 0 Å². The normalized spacial score (nSPS) is 28.8. The van der Waals surface area contributed by atoms with Crippen molar-refractivity contribution in [2.24, 2.45) is 0 Å². The van der Waals surface area contributed by atoms with Gasteiger partial charge in [0.2, 0.25) is 0 Å². The largest absolute Gasteiger partial charge is 0.367 e. The standard InChI is InChI=1S/C23H26N8/c1-14-8-21(30-29-14)28-22-18-4-2-7-25-19(18)11-20(27-22)26-15-9-16-12-23(5-3-6-24)13-17(10-15)31(16)23/h2,4,7-8,11,15-17H,3,5,9-10,12-13H2,1H3,(H3,26,27,28,29,30)/t15?,16-,17+,23?. The van der Waals surface area contributed by atoms with Gasteiger partial charge in [0, 0.05) is 59.5 Å². The van der Waals surface area contributed by atoms with Gasteiger partial charge in [-0.25, -0.2) is 4.98 Å². The number of H-pyrrole nitrogens is 1. The van der Waals surface area contributed by atoms with E-state index in [0.29, 0.717) is 30.1 Å². The molecule has 0 spiro atoms. The number of aromatic nitrogens is 4. The zero-order valence-electron chi connectivity index (χ0n) is 17.6. The Balaban J connectivity index is 1.21. The number of piperidine rings is 2. The highest BCUT2D eigenvalue weighted by molar-refractivity contribution is 5.92. The van der Waals surface area contributed by atoms with E-state index in [1.165, 1.54) is 12.8 Å². The summed E-state index contributed by atoms with van der Waals surface area (Å²) in [5, 5.41) is 24.2. The van der Waals surface area contributed by atoms with Gasteiger partial charge in [-0.05, 0) is 51.2 Å². The van der Waals surface area contributed by atoms with Crippen molar-refractivity contribution in [2.45, 2.75) is 69.1 Å². The Morgan fingerprint density at radius 3 is 2.84 bits per heavy atom. The smallest absolute Gasteiger partial charge is 0.153 e. The van der Waals surface area contributed by atoms with E-state index >= 15 is 0 Å². The van der Waals surface area contributed by atoms with Gasteiger partial charge in [-0.3, -0.25) is 15.0 Å². The van der Waals surface area contributed by atoms with Crippen LogP contribution in [-0.2, 0) is 0 Å². The number of hydrogen-bond donors (Lipinski definition) is 3. The van der Waals surface area contributed by atoms with E-state index in [1.807, 2.05) is 37.4 Å². The number of nitrogens with one attached hydrogen (secondary N) is 3. The summed E-state index contributed by atoms with van der Waals surface area (Å²) >= 11 is 0. The van der Waals surface area contributed by atoms with Crippen LogP contribution in [0.25, 0.3) is 10.9 Å². The zero-order valence-corrected chi connectivity index (χ0v) is 17.6. The molecule has 0 aromatic carbocycles. The first-order valence-electron chi connectivity index (χ1n) is 11.1. The van der Waals surface area contributed by atoms with E-state index < -0.39 is 0 Å². The quantitative estimate of drug-likeness (QED) is 0.562. The number of aryl methyl sites for hydroxylation is 1. The molecule has 0 saturated carbocycles. The van der Waals surface area contributed by atoms with Crippen molar-refractivity contribution in [3.05, 3.63) is 36.2 Å². The lowest BCUT2D eigenvalue weighted by molar-refractivity contribution is -0.222. The molecule has 3 aromatic heterocycles. The molecule has 3 saturated heterocycles. The van der Waals surface area contributed by atoms with Gasteiger partial charge in [-0.2, -0.15) is 10.4 Å². The van der Waals surface area contributed by atoms with E-state index in [0.717, 1.165) is 53.3 Å². The lowest BCUT2D eigenvalue weighted by Crippen LogP contribution is -2.81. The van der Waals surface area contributed by atoms with E-state index in [2.05, 4.69) is 36.8 Å². The predicted molar refractivity (Wildman–Crippen MR) is 119 cm³/mol. The fourth-order valence-corrected chi connectivity index (χ4v) is 6.16. The third kappa shape index (κ3) is 3.03. The van der Waals surface area contributed by atoms with Crippen molar-refractivity contribution in [3.63, 3.8) is 0 Å². The number of pyridine rings is 2. The van der Waals surface area contributed by atoms with Gasteiger partial charge in [-0.15, -0.1) is 0 Å². The molecule has 0 amide bonds. The Bertz CT molecular complexity index is 1160. The molecule has 3 aromatic rings. The Morgan fingerprint density at radius 2 is 2.10 bits per heavy atom. The van der Waals surface area contributed by atoms with Crippen molar-refractivity contribution in [1.29, 1.82) is 5.26 Å². The Labute approximate surface area is 181 Å². The summed E-state index contributed by atoms with van der Waals surface area (Å²) in [7, 11) is 0. The molecule has 3 fully saturated rings. The molecular weight excluding hydrogens is 388 g/mol. The molecule has 3 aliphatic rings. The lowest BCUT2D eigenvalue weighted by atomic mass is 9.57. The molecular formula is C23H26N8. The molecule has 4 atom stereocenters. The van der Waals surface area contributed by atoms with Crippen molar-refractivity contribution < 1.29 is 0 Å². The number of nitriles is 1. The maximum atomic E-state index is 8.96. The number of aromatic amines is 1. The number of fused-ring (bicyclic) bond motifs is 1. The van der Waals surface area contributed by atoms with Crippen molar-refractivity contribution in [2.75, 3.05) is 10.6 Å². The summed E-state index contributed by atoms with van der Waals surface area (Å²) in [6, 6.07) is 12.0. The Hall–Kier alpha value is -3.18. The first-order chi connectivity index (χ1) is 15.1. The van der Waals surface area contributed by atoms with Gasteiger partial charge < -0.3 is 10.6 Å². The average molecular weight is 415 g/mol. The summed E-state index contributed by atoms with van der Waals surface area (Å²) < 4.78 is 0. The first-order valence-corrected chi connectivity index (χ1v) is 11.1. The van der Waals surface area contributed by atoms with Crippen LogP contribution in [0.3, 0.4) is 0 Å².